The number of nitrogens with one attached hydrogen (secondary N) is 2. The van der Waals surface area contributed by atoms with Gasteiger partial charge < -0.3 is 10.2 Å². The van der Waals surface area contributed by atoms with Crippen molar-refractivity contribution in [3.63, 3.8) is 0 Å². The van der Waals surface area contributed by atoms with Gasteiger partial charge in [0.2, 0.25) is 5.91 Å². The highest BCUT2D eigenvalue weighted by Crippen LogP contribution is 2.27. The van der Waals surface area contributed by atoms with Crippen molar-refractivity contribution in [3.05, 3.63) is 41.8 Å². The van der Waals surface area contributed by atoms with Crippen molar-refractivity contribution in [2.75, 3.05) is 26.2 Å². The van der Waals surface area contributed by atoms with Gasteiger partial charge in [-0.3, -0.25) is 14.8 Å². The molecular weight excluding hydrogens is 393 g/mol. The fraction of sp³-hybridized carbons (Fsp3) is 0.583. The standard InChI is InChI=1S/C24H34FN5O/c1-17(2)27-24(31)18-6-12-30(13-7-18)22-8-10-29(11-9-22)16-20-15-26-28-23(20)19-4-3-5-21(25)14-19/h3-5,14-15,17-18,22H,6-13,16H2,1-2H3,(H,26,28)(H,27,31). The Kier molecular flexibility index (Phi) is 7.02. The summed E-state index contributed by atoms with van der Waals surface area (Å²) in [6, 6.07) is 7.48. The molecule has 168 valence electrons. The van der Waals surface area contributed by atoms with Crippen molar-refractivity contribution < 1.29 is 9.18 Å². The Morgan fingerprint density at radius 1 is 1.19 bits per heavy atom. The number of hydrogen-bond donors (Lipinski definition) is 2. The molecule has 0 atom stereocenters. The number of rotatable bonds is 6. The summed E-state index contributed by atoms with van der Waals surface area (Å²) >= 11 is 0. The summed E-state index contributed by atoms with van der Waals surface area (Å²) in [6.07, 6.45) is 6.08. The van der Waals surface area contributed by atoms with E-state index in [1.807, 2.05) is 26.1 Å². The van der Waals surface area contributed by atoms with E-state index in [4.69, 9.17) is 0 Å². The number of aromatic nitrogens is 2. The second-order valence-corrected chi connectivity index (χ2v) is 9.26. The summed E-state index contributed by atoms with van der Waals surface area (Å²) in [7, 11) is 0. The molecule has 0 aliphatic carbocycles. The lowest BCUT2D eigenvalue weighted by molar-refractivity contribution is -0.127. The van der Waals surface area contributed by atoms with Gasteiger partial charge in [-0.1, -0.05) is 12.1 Å². The van der Waals surface area contributed by atoms with E-state index in [1.54, 1.807) is 12.1 Å². The second-order valence-electron chi connectivity index (χ2n) is 9.26. The molecule has 1 amide bonds. The summed E-state index contributed by atoms with van der Waals surface area (Å²) in [5.74, 6) is 0.157. The maximum atomic E-state index is 13.6. The van der Waals surface area contributed by atoms with Crippen LogP contribution < -0.4 is 5.32 Å². The molecule has 31 heavy (non-hydrogen) atoms. The Labute approximate surface area is 184 Å². The maximum Gasteiger partial charge on any atom is 0.223 e. The van der Waals surface area contributed by atoms with E-state index in [-0.39, 0.29) is 23.7 Å². The number of hydrogen-bond acceptors (Lipinski definition) is 4. The van der Waals surface area contributed by atoms with Crippen LogP contribution in [0.3, 0.4) is 0 Å². The molecule has 0 radical (unpaired) electrons. The highest BCUT2D eigenvalue weighted by molar-refractivity contribution is 5.79. The molecule has 0 bridgehead atoms. The minimum Gasteiger partial charge on any atom is -0.354 e. The smallest absolute Gasteiger partial charge is 0.223 e. The molecule has 1 aromatic heterocycles. The van der Waals surface area contributed by atoms with E-state index in [1.165, 1.54) is 6.07 Å². The number of nitrogens with zero attached hydrogens (tertiary/aromatic N) is 3. The summed E-state index contributed by atoms with van der Waals surface area (Å²) in [5.41, 5.74) is 2.86. The van der Waals surface area contributed by atoms with E-state index in [0.717, 1.165) is 75.2 Å². The Bertz CT molecular complexity index is 866. The van der Waals surface area contributed by atoms with Gasteiger partial charge in [0.1, 0.15) is 5.82 Å². The molecule has 7 heteroatoms. The van der Waals surface area contributed by atoms with Crippen molar-refractivity contribution in [1.29, 1.82) is 0 Å². The first kappa shape index (κ1) is 22.0. The van der Waals surface area contributed by atoms with Crippen LogP contribution in [0.5, 0.6) is 0 Å². The Morgan fingerprint density at radius 3 is 2.61 bits per heavy atom. The minimum atomic E-state index is -0.232. The first-order valence-corrected chi connectivity index (χ1v) is 11.5. The zero-order valence-corrected chi connectivity index (χ0v) is 18.6. The first-order valence-electron chi connectivity index (χ1n) is 11.5. The summed E-state index contributed by atoms with van der Waals surface area (Å²) < 4.78 is 13.6. The molecule has 4 rings (SSSR count). The van der Waals surface area contributed by atoms with Crippen molar-refractivity contribution in [2.45, 2.75) is 58.2 Å². The highest BCUT2D eigenvalue weighted by Gasteiger charge is 2.31. The Balaban J connectivity index is 1.26. The summed E-state index contributed by atoms with van der Waals surface area (Å²) in [4.78, 5) is 17.3. The summed E-state index contributed by atoms with van der Waals surface area (Å²) in [6.45, 7) is 9.00. The van der Waals surface area contributed by atoms with Crippen LogP contribution in [0.4, 0.5) is 4.39 Å². The van der Waals surface area contributed by atoms with Crippen molar-refractivity contribution in [3.8, 4) is 11.3 Å². The number of piperidine rings is 2. The Morgan fingerprint density at radius 2 is 1.94 bits per heavy atom. The SMILES string of the molecule is CC(C)NC(=O)C1CCN(C2CCN(Cc3cn[nH]c3-c3cccc(F)c3)CC2)CC1. The average Bonchev–Trinajstić information content (AvgIpc) is 3.22. The van der Waals surface area contributed by atoms with E-state index in [9.17, 15) is 9.18 Å². The third-order valence-electron chi connectivity index (χ3n) is 6.63. The van der Waals surface area contributed by atoms with Gasteiger partial charge in [0.05, 0.1) is 11.9 Å². The minimum absolute atomic E-state index is 0.168. The lowest BCUT2D eigenvalue weighted by Gasteiger charge is -2.41. The van der Waals surface area contributed by atoms with Gasteiger partial charge >= 0.3 is 0 Å². The van der Waals surface area contributed by atoms with Gasteiger partial charge in [-0.25, -0.2) is 4.39 Å². The summed E-state index contributed by atoms with van der Waals surface area (Å²) in [5, 5.41) is 10.3. The van der Waals surface area contributed by atoms with Crippen molar-refractivity contribution in [1.82, 2.24) is 25.3 Å². The van der Waals surface area contributed by atoms with Crippen LogP contribution >= 0.6 is 0 Å². The lowest BCUT2D eigenvalue weighted by Crippen LogP contribution is -2.49. The number of carbonyl (C=O) groups is 1. The number of H-pyrrole nitrogens is 1. The largest absolute Gasteiger partial charge is 0.354 e. The van der Waals surface area contributed by atoms with Crippen LogP contribution in [-0.2, 0) is 11.3 Å². The Hall–Kier alpha value is -2.25. The van der Waals surface area contributed by atoms with Crippen LogP contribution in [0.25, 0.3) is 11.3 Å². The van der Waals surface area contributed by atoms with Gasteiger partial charge in [-0.2, -0.15) is 5.10 Å². The van der Waals surface area contributed by atoms with Gasteiger partial charge in [0, 0.05) is 35.7 Å². The zero-order chi connectivity index (χ0) is 21.8. The number of halogens is 1. The van der Waals surface area contributed by atoms with Crippen LogP contribution in [0.15, 0.2) is 30.5 Å². The molecule has 3 heterocycles. The quantitative estimate of drug-likeness (QED) is 0.742. The predicted octanol–water partition coefficient (Wildman–Crippen LogP) is 3.42. The van der Waals surface area contributed by atoms with Gasteiger partial charge in [0.15, 0.2) is 0 Å². The number of aromatic amines is 1. The topological polar surface area (TPSA) is 64.3 Å². The molecule has 2 N–H and O–H groups in total. The average molecular weight is 428 g/mol. The number of likely N-dealkylation sites (tertiary alicyclic amines) is 2. The lowest BCUT2D eigenvalue weighted by atomic mass is 9.92. The number of carbonyl (C=O) groups excluding carboxylic acids is 1. The molecule has 0 saturated carbocycles. The monoisotopic (exact) mass is 427 g/mol. The third kappa shape index (κ3) is 5.52. The fourth-order valence-corrected chi connectivity index (χ4v) is 4.94. The molecule has 2 aromatic rings. The highest BCUT2D eigenvalue weighted by atomic mass is 19.1. The van der Waals surface area contributed by atoms with Gasteiger partial charge in [-0.15, -0.1) is 0 Å². The van der Waals surface area contributed by atoms with E-state index in [2.05, 4.69) is 25.3 Å². The van der Waals surface area contributed by atoms with E-state index in [0.29, 0.717) is 6.04 Å². The van der Waals surface area contributed by atoms with E-state index < -0.39 is 0 Å². The van der Waals surface area contributed by atoms with Gasteiger partial charge in [0.25, 0.3) is 0 Å². The second kappa shape index (κ2) is 9.92. The van der Waals surface area contributed by atoms with Gasteiger partial charge in [-0.05, 0) is 77.8 Å². The van der Waals surface area contributed by atoms with Crippen LogP contribution in [0.1, 0.15) is 45.1 Å². The normalized spacial score (nSPS) is 19.7. The first-order chi connectivity index (χ1) is 15.0. The van der Waals surface area contributed by atoms with Crippen LogP contribution in [0, 0.1) is 11.7 Å². The molecule has 1 aromatic carbocycles. The molecule has 0 spiro atoms. The molecule has 6 nitrogen and oxygen atoms in total. The zero-order valence-electron chi connectivity index (χ0n) is 18.6. The fourth-order valence-electron chi connectivity index (χ4n) is 4.94. The van der Waals surface area contributed by atoms with Crippen molar-refractivity contribution in [2.24, 2.45) is 5.92 Å². The molecule has 2 aliphatic rings. The predicted molar refractivity (Wildman–Crippen MR) is 120 cm³/mol. The molecule has 2 aliphatic heterocycles. The van der Waals surface area contributed by atoms with Crippen LogP contribution in [0.2, 0.25) is 0 Å². The number of benzene rings is 1. The van der Waals surface area contributed by atoms with Crippen molar-refractivity contribution >= 4 is 5.91 Å². The molecule has 2 saturated heterocycles. The van der Waals surface area contributed by atoms with Crippen LogP contribution in [-0.4, -0.2) is 64.2 Å². The third-order valence-corrected chi connectivity index (χ3v) is 6.63. The molecular formula is C24H34FN5O. The maximum absolute atomic E-state index is 13.6. The molecule has 2 fully saturated rings. The molecule has 0 unspecified atom stereocenters. The number of amides is 1. The van der Waals surface area contributed by atoms with E-state index >= 15 is 0 Å².